The summed E-state index contributed by atoms with van der Waals surface area (Å²) in [4.78, 5) is 29.4. The van der Waals surface area contributed by atoms with Crippen molar-refractivity contribution < 1.29 is 38.0 Å². The van der Waals surface area contributed by atoms with Crippen LogP contribution in [0.25, 0.3) is 33.9 Å². The highest BCUT2D eigenvalue weighted by atomic mass is 79.9. The SMILES string of the molecule is CC.CCCCCCCCCCCCOc1ccc(-c2ccc(OC(=O)c3ccc(OC)c(Br)c3)cc2)cc1.CCOc1ccc(-c2ncc(OC)cn2)cc1.CCOc1cnc(-c2ccc(OC)cc2)nc1. The molecule has 2 heterocycles. The fraction of sp³-hybridized carbons (Fsp3) is 0.350. The third kappa shape index (κ3) is 20.9. The zero-order chi connectivity index (χ0) is 52.5. The fourth-order valence-corrected chi connectivity index (χ4v) is 7.62. The largest absolute Gasteiger partial charge is 0.497 e. The summed E-state index contributed by atoms with van der Waals surface area (Å²) in [5.41, 5.74) is 4.49. The Hall–Kier alpha value is -6.99. The van der Waals surface area contributed by atoms with E-state index in [1.54, 1.807) is 76.4 Å². The van der Waals surface area contributed by atoms with Crippen molar-refractivity contribution in [2.75, 3.05) is 41.2 Å². The van der Waals surface area contributed by atoms with Gasteiger partial charge in [0.2, 0.25) is 0 Å². The summed E-state index contributed by atoms with van der Waals surface area (Å²) in [5.74, 6) is 6.00. The molecule has 0 atom stereocenters. The van der Waals surface area contributed by atoms with E-state index in [-0.39, 0.29) is 0 Å². The van der Waals surface area contributed by atoms with Crippen molar-refractivity contribution >= 4 is 21.9 Å². The molecule has 73 heavy (non-hydrogen) atoms. The number of benzene rings is 5. The Labute approximate surface area is 442 Å². The van der Waals surface area contributed by atoms with Crippen LogP contribution in [0.1, 0.15) is 109 Å². The average Bonchev–Trinajstić information content (AvgIpc) is 3.44. The number of unbranched alkanes of at least 4 members (excludes halogenated alkanes) is 9. The lowest BCUT2D eigenvalue weighted by atomic mass is 10.1. The molecule has 13 heteroatoms. The maximum absolute atomic E-state index is 12.5. The van der Waals surface area contributed by atoms with Gasteiger partial charge in [-0.05, 0) is 138 Å². The number of esters is 1. The summed E-state index contributed by atoms with van der Waals surface area (Å²) < 4.78 is 38.1. The van der Waals surface area contributed by atoms with Crippen LogP contribution in [0.4, 0.5) is 0 Å². The monoisotopic (exact) mass is 1060 g/mol. The summed E-state index contributed by atoms with van der Waals surface area (Å²) in [6, 6.07) is 36.1. The first-order valence-corrected chi connectivity index (χ1v) is 26.1. The van der Waals surface area contributed by atoms with Crippen molar-refractivity contribution in [2.24, 2.45) is 0 Å². The Kier molecular flexibility index (Phi) is 27.6. The molecular formula is C60H73BrN4O8. The first-order valence-electron chi connectivity index (χ1n) is 25.3. The minimum Gasteiger partial charge on any atom is -0.497 e. The number of ether oxygens (including phenoxy) is 7. The van der Waals surface area contributed by atoms with Crippen molar-refractivity contribution in [3.8, 4) is 74.1 Å². The molecule has 0 N–H and O–H groups in total. The van der Waals surface area contributed by atoms with Gasteiger partial charge < -0.3 is 33.2 Å². The molecule has 0 bridgehead atoms. The summed E-state index contributed by atoms with van der Waals surface area (Å²) in [7, 11) is 4.82. The predicted octanol–water partition coefficient (Wildman–Crippen LogP) is 15.8. The van der Waals surface area contributed by atoms with E-state index in [9.17, 15) is 4.79 Å². The third-order valence-electron chi connectivity index (χ3n) is 11.0. The second-order valence-electron chi connectivity index (χ2n) is 16.1. The summed E-state index contributed by atoms with van der Waals surface area (Å²) in [6.07, 6.45) is 19.9. The van der Waals surface area contributed by atoms with Gasteiger partial charge in [-0.1, -0.05) is 103 Å². The number of halogens is 1. The number of methoxy groups -OCH3 is 3. The molecule has 0 amide bonds. The van der Waals surface area contributed by atoms with Gasteiger partial charge in [0, 0.05) is 11.1 Å². The van der Waals surface area contributed by atoms with E-state index in [0.717, 1.165) is 52.5 Å². The van der Waals surface area contributed by atoms with Crippen LogP contribution in [-0.2, 0) is 0 Å². The summed E-state index contributed by atoms with van der Waals surface area (Å²) >= 11 is 3.40. The molecular weight excluding hydrogens is 985 g/mol. The second kappa shape index (κ2) is 34.4. The molecule has 0 aliphatic rings. The van der Waals surface area contributed by atoms with E-state index in [2.05, 4.69) is 54.9 Å². The number of aromatic nitrogens is 4. The highest BCUT2D eigenvalue weighted by molar-refractivity contribution is 9.10. The van der Waals surface area contributed by atoms with Crippen LogP contribution in [-0.4, -0.2) is 67.1 Å². The van der Waals surface area contributed by atoms with Crippen LogP contribution < -0.4 is 33.2 Å². The molecule has 0 saturated carbocycles. The van der Waals surface area contributed by atoms with Crippen molar-refractivity contribution in [3.63, 3.8) is 0 Å². The number of hydrogen-bond acceptors (Lipinski definition) is 12. The molecule has 0 aliphatic heterocycles. The minimum atomic E-state index is -0.417. The topological polar surface area (TPSA) is 133 Å². The molecule has 5 aromatic carbocycles. The molecule has 388 valence electrons. The van der Waals surface area contributed by atoms with Gasteiger partial charge in [0.15, 0.2) is 23.1 Å². The first-order chi connectivity index (χ1) is 35.8. The molecule has 0 aliphatic carbocycles. The quantitative estimate of drug-likeness (QED) is 0.0324. The van der Waals surface area contributed by atoms with Crippen molar-refractivity contribution in [3.05, 3.63) is 150 Å². The van der Waals surface area contributed by atoms with E-state index in [1.807, 2.05) is 100 Å². The van der Waals surface area contributed by atoms with Crippen LogP contribution in [0.3, 0.4) is 0 Å². The predicted molar refractivity (Wildman–Crippen MR) is 297 cm³/mol. The number of hydrogen-bond donors (Lipinski definition) is 0. The Balaban J connectivity index is 0.000000265. The van der Waals surface area contributed by atoms with Crippen LogP contribution >= 0.6 is 15.9 Å². The summed E-state index contributed by atoms with van der Waals surface area (Å²) in [5, 5.41) is 0. The molecule has 7 rings (SSSR count). The Morgan fingerprint density at radius 2 is 0.849 bits per heavy atom. The van der Waals surface area contributed by atoms with Gasteiger partial charge in [0.05, 0.1) is 76.0 Å². The molecule has 0 unspecified atom stereocenters. The van der Waals surface area contributed by atoms with Gasteiger partial charge in [0.25, 0.3) is 0 Å². The number of nitrogens with zero attached hydrogens (tertiary/aromatic N) is 4. The van der Waals surface area contributed by atoms with Crippen molar-refractivity contribution in [2.45, 2.75) is 98.8 Å². The van der Waals surface area contributed by atoms with Gasteiger partial charge in [0.1, 0.15) is 28.7 Å². The van der Waals surface area contributed by atoms with Crippen LogP contribution in [0.15, 0.2) is 145 Å². The lowest BCUT2D eigenvalue weighted by Gasteiger charge is -2.09. The fourth-order valence-electron chi connectivity index (χ4n) is 7.08. The van der Waals surface area contributed by atoms with E-state index in [0.29, 0.717) is 57.9 Å². The van der Waals surface area contributed by atoms with E-state index in [4.69, 9.17) is 33.2 Å². The smallest absolute Gasteiger partial charge is 0.343 e. The van der Waals surface area contributed by atoms with Gasteiger partial charge in [-0.3, -0.25) is 0 Å². The molecule has 0 spiro atoms. The second-order valence-corrected chi connectivity index (χ2v) is 17.0. The average molecular weight is 1060 g/mol. The van der Waals surface area contributed by atoms with E-state index < -0.39 is 5.97 Å². The highest BCUT2D eigenvalue weighted by Crippen LogP contribution is 2.28. The Morgan fingerprint density at radius 3 is 1.30 bits per heavy atom. The molecule has 0 radical (unpaired) electrons. The first kappa shape index (κ1) is 58.6. The van der Waals surface area contributed by atoms with Gasteiger partial charge in [-0.15, -0.1) is 0 Å². The number of rotatable bonds is 24. The lowest BCUT2D eigenvalue weighted by molar-refractivity contribution is 0.0734. The minimum absolute atomic E-state index is 0.417. The van der Waals surface area contributed by atoms with Gasteiger partial charge in [-0.25, -0.2) is 24.7 Å². The maximum Gasteiger partial charge on any atom is 0.343 e. The normalized spacial score (nSPS) is 10.2. The molecule has 7 aromatic rings. The highest BCUT2D eigenvalue weighted by Gasteiger charge is 2.12. The van der Waals surface area contributed by atoms with Crippen LogP contribution in [0.5, 0.6) is 40.2 Å². The zero-order valence-corrected chi connectivity index (χ0v) is 45.5. The van der Waals surface area contributed by atoms with Crippen molar-refractivity contribution in [1.82, 2.24) is 19.9 Å². The van der Waals surface area contributed by atoms with Crippen LogP contribution in [0, 0.1) is 0 Å². The number of carbonyl (C=O) groups excluding carboxylic acids is 1. The standard InChI is InChI=1S/C32H39BrO4.2C13H14N2O2.C2H6/c1-3-4-5-6-7-8-9-10-11-12-23-36-28-18-13-25(14-19-28)26-15-20-29(21-16-26)37-32(34)27-17-22-31(35-2)30(33)24-27;1-3-17-11-6-4-10(5-7-11)13-14-8-12(16-2)9-15-13;1-3-17-12-8-14-13(15-9-12)10-4-6-11(16-2)7-5-10;1-2/h13-22,24H,3-12,23H2,1-2H3;2*4-9H,3H2,1-2H3;1-2H3. The van der Waals surface area contributed by atoms with Gasteiger partial charge in [-0.2, -0.15) is 0 Å². The summed E-state index contributed by atoms with van der Waals surface area (Å²) in [6.45, 7) is 12.2. The van der Waals surface area contributed by atoms with E-state index in [1.165, 1.54) is 57.8 Å². The molecule has 0 saturated heterocycles. The zero-order valence-electron chi connectivity index (χ0n) is 43.9. The third-order valence-corrected chi connectivity index (χ3v) is 11.6. The van der Waals surface area contributed by atoms with E-state index >= 15 is 0 Å². The Bertz CT molecular complexity index is 2470. The molecule has 12 nitrogen and oxygen atoms in total. The van der Waals surface area contributed by atoms with Crippen molar-refractivity contribution in [1.29, 1.82) is 0 Å². The maximum atomic E-state index is 12.5. The Morgan fingerprint density at radius 1 is 0.438 bits per heavy atom. The van der Waals surface area contributed by atoms with Gasteiger partial charge >= 0.3 is 5.97 Å². The molecule has 2 aromatic heterocycles. The lowest BCUT2D eigenvalue weighted by Crippen LogP contribution is -2.08. The van der Waals surface area contributed by atoms with Crippen LogP contribution in [0.2, 0.25) is 0 Å². The molecule has 0 fully saturated rings. The number of carbonyl (C=O) groups is 1.